The number of methoxy groups -OCH3 is 1. The number of nitrogens with zero attached hydrogens (tertiary/aromatic N) is 1. The molecule has 6 nitrogen and oxygen atoms in total. The topological polar surface area (TPSA) is 75.7 Å². The lowest BCUT2D eigenvalue weighted by Gasteiger charge is -2.26. The molecule has 1 N–H and O–H groups in total. The Kier molecular flexibility index (Phi) is 6.47. The van der Waals surface area contributed by atoms with E-state index in [2.05, 4.69) is 4.72 Å². The van der Waals surface area contributed by atoms with Crippen molar-refractivity contribution in [1.82, 2.24) is 4.90 Å². The number of carbonyl (C=O) groups is 1. The maximum atomic E-state index is 12.8. The van der Waals surface area contributed by atoms with Crippen LogP contribution < -0.4 is 9.46 Å². The molecule has 1 aliphatic rings. The number of hydrogen-bond acceptors (Lipinski definition) is 4. The molecular formula is C22H28N2O4S. The molecule has 2 aromatic carbocycles. The molecule has 1 fully saturated rings. The van der Waals surface area contributed by atoms with Crippen molar-refractivity contribution in [3.05, 3.63) is 53.6 Å². The maximum Gasteiger partial charge on any atom is 0.261 e. The van der Waals surface area contributed by atoms with Gasteiger partial charge in [-0.2, -0.15) is 0 Å². The van der Waals surface area contributed by atoms with Crippen molar-refractivity contribution >= 4 is 21.6 Å². The average molecular weight is 417 g/mol. The Morgan fingerprint density at radius 1 is 1.03 bits per heavy atom. The number of ether oxygens (including phenoxy) is 1. The lowest BCUT2D eigenvalue weighted by atomic mass is 10.0. The highest BCUT2D eigenvalue weighted by Gasteiger charge is 2.20. The summed E-state index contributed by atoms with van der Waals surface area (Å²) >= 11 is 0. The van der Waals surface area contributed by atoms with Crippen LogP contribution in [-0.2, 0) is 10.0 Å². The van der Waals surface area contributed by atoms with Gasteiger partial charge in [-0.25, -0.2) is 8.42 Å². The molecule has 0 aliphatic carbocycles. The van der Waals surface area contributed by atoms with Gasteiger partial charge in [0.1, 0.15) is 5.75 Å². The number of piperidine rings is 1. The Bertz CT molecular complexity index is 963. The van der Waals surface area contributed by atoms with Gasteiger partial charge in [0, 0.05) is 24.3 Å². The first kappa shape index (κ1) is 21.2. The third kappa shape index (κ3) is 4.90. The smallest absolute Gasteiger partial charge is 0.261 e. The van der Waals surface area contributed by atoms with Gasteiger partial charge >= 0.3 is 0 Å². The van der Waals surface area contributed by atoms with Crippen molar-refractivity contribution in [2.24, 2.45) is 0 Å². The Labute approximate surface area is 172 Å². The summed E-state index contributed by atoms with van der Waals surface area (Å²) in [6.45, 7) is 5.53. The monoisotopic (exact) mass is 416 g/mol. The molecule has 0 spiro atoms. The van der Waals surface area contributed by atoms with Crippen LogP contribution in [0.3, 0.4) is 0 Å². The minimum Gasteiger partial charge on any atom is -0.496 e. The van der Waals surface area contributed by atoms with Crippen molar-refractivity contribution in [1.29, 1.82) is 0 Å². The fourth-order valence-electron chi connectivity index (χ4n) is 3.51. The molecule has 0 saturated carbocycles. The van der Waals surface area contributed by atoms with Crippen molar-refractivity contribution in [2.75, 3.05) is 24.9 Å². The molecular weight excluding hydrogens is 388 g/mol. The van der Waals surface area contributed by atoms with Crippen molar-refractivity contribution in [3.63, 3.8) is 0 Å². The number of likely N-dealkylation sites (tertiary alicyclic amines) is 1. The molecule has 3 rings (SSSR count). The average Bonchev–Trinajstić information content (AvgIpc) is 2.73. The summed E-state index contributed by atoms with van der Waals surface area (Å²) in [7, 11) is -2.18. The minimum atomic E-state index is -3.75. The molecule has 0 unspecified atom stereocenters. The number of rotatable bonds is 6. The summed E-state index contributed by atoms with van der Waals surface area (Å²) in [6.07, 6.45) is 3.22. The van der Waals surface area contributed by atoms with E-state index in [1.807, 2.05) is 18.7 Å². The van der Waals surface area contributed by atoms with Crippen LogP contribution in [0.1, 0.15) is 54.9 Å². The van der Waals surface area contributed by atoms with E-state index in [1.165, 1.54) is 6.07 Å². The molecule has 1 saturated heterocycles. The van der Waals surface area contributed by atoms with E-state index in [0.29, 0.717) is 17.0 Å². The summed E-state index contributed by atoms with van der Waals surface area (Å²) < 4.78 is 33.5. The Hall–Kier alpha value is -2.54. The lowest BCUT2D eigenvalue weighted by Crippen LogP contribution is -2.35. The van der Waals surface area contributed by atoms with Gasteiger partial charge in [0.25, 0.3) is 15.9 Å². The van der Waals surface area contributed by atoms with Gasteiger partial charge in [-0.1, -0.05) is 13.8 Å². The van der Waals surface area contributed by atoms with Gasteiger partial charge in [0.2, 0.25) is 0 Å². The number of hydrogen-bond donors (Lipinski definition) is 1. The molecule has 0 atom stereocenters. The number of amides is 1. The van der Waals surface area contributed by atoms with Gasteiger partial charge < -0.3 is 9.64 Å². The lowest BCUT2D eigenvalue weighted by molar-refractivity contribution is 0.0724. The van der Waals surface area contributed by atoms with Gasteiger partial charge in [-0.3, -0.25) is 9.52 Å². The van der Waals surface area contributed by atoms with Gasteiger partial charge in [0.05, 0.1) is 12.0 Å². The van der Waals surface area contributed by atoms with Gasteiger partial charge in [-0.15, -0.1) is 0 Å². The van der Waals surface area contributed by atoms with Crippen LogP contribution in [0.4, 0.5) is 5.69 Å². The molecule has 7 heteroatoms. The number of sulfonamides is 1. The van der Waals surface area contributed by atoms with Crippen LogP contribution in [-0.4, -0.2) is 39.4 Å². The molecule has 1 heterocycles. The maximum absolute atomic E-state index is 12.8. The van der Waals surface area contributed by atoms with E-state index in [9.17, 15) is 13.2 Å². The second-order valence-electron chi connectivity index (χ2n) is 7.59. The van der Waals surface area contributed by atoms with E-state index in [4.69, 9.17) is 4.74 Å². The van der Waals surface area contributed by atoms with Crippen molar-refractivity contribution in [2.45, 2.75) is 43.9 Å². The Morgan fingerprint density at radius 2 is 1.69 bits per heavy atom. The molecule has 1 aliphatic heterocycles. The zero-order chi connectivity index (χ0) is 21.0. The first-order valence-corrected chi connectivity index (χ1v) is 11.4. The highest BCUT2D eigenvalue weighted by Crippen LogP contribution is 2.29. The summed E-state index contributed by atoms with van der Waals surface area (Å²) in [4.78, 5) is 14.6. The summed E-state index contributed by atoms with van der Waals surface area (Å²) in [5.74, 6) is 0.788. The standard InChI is InChI=1S/C22H28N2O4S/c1-16(2)20-15-19(11-12-21(20)28-3)29(26,27)23-18-9-7-17(8-10-18)22(25)24-13-5-4-6-14-24/h7-12,15-16,23H,4-6,13-14H2,1-3H3. The highest BCUT2D eigenvalue weighted by atomic mass is 32.2. The second-order valence-corrected chi connectivity index (χ2v) is 9.28. The first-order valence-electron chi connectivity index (χ1n) is 9.92. The summed E-state index contributed by atoms with van der Waals surface area (Å²) in [5.41, 5.74) is 1.82. The summed E-state index contributed by atoms with van der Waals surface area (Å²) in [5, 5.41) is 0. The van der Waals surface area contributed by atoms with Crippen LogP contribution in [0.5, 0.6) is 5.75 Å². The number of carbonyl (C=O) groups excluding carboxylic acids is 1. The normalized spacial score (nSPS) is 14.7. The molecule has 1 amide bonds. The number of benzene rings is 2. The van der Waals surface area contributed by atoms with E-state index < -0.39 is 10.0 Å². The zero-order valence-corrected chi connectivity index (χ0v) is 18.0. The van der Waals surface area contributed by atoms with Crippen molar-refractivity contribution < 1.29 is 17.9 Å². The van der Waals surface area contributed by atoms with E-state index in [0.717, 1.165) is 37.9 Å². The SMILES string of the molecule is COc1ccc(S(=O)(=O)Nc2ccc(C(=O)N3CCCCC3)cc2)cc1C(C)C. The molecule has 0 radical (unpaired) electrons. The Morgan fingerprint density at radius 3 is 2.28 bits per heavy atom. The van der Waals surface area contributed by atoms with E-state index in [-0.39, 0.29) is 16.7 Å². The second kappa shape index (κ2) is 8.86. The fourth-order valence-corrected chi connectivity index (χ4v) is 4.60. The summed E-state index contributed by atoms with van der Waals surface area (Å²) in [6, 6.07) is 11.4. The molecule has 2 aromatic rings. The van der Waals surface area contributed by atoms with Crippen LogP contribution in [0.2, 0.25) is 0 Å². The Balaban J connectivity index is 1.77. The largest absolute Gasteiger partial charge is 0.496 e. The van der Waals surface area contributed by atoms with Gasteiger partial charge in [0.15, 0.2) is 0 Å². The molecule has 156 valence electrons. The quantitative estimate of drug-likeness (QED) is 0.764. The third-order valence-electron chi connectivity index (χ3n) is 5.16. The first-order chi connectivity index (χ1) is 13.8. The van der Waals surface area contributed by atoms with Crippen LogP contribution >= 0.6 is 0 Å². The molecule has 0 bridgehead atoms. The third-order valence-corrected chi connectivity index (χ3v) is 6.54. The van der Waals surface area contributed by atoms with E-state index >= 15 is 0 Å². The predicted octanol–water partition coefficient (Wildman–Crippen LogP) is 4.25. The highest BCUT2D eigenvalue weighted by molar-refractivity contribution is 7.92. The predicted molar refractivity (Wildman–Crippen MR) is 114 cm³/mol. The van der Waals surface area contributed by atoms with Gasteiger partial charge in [-0.05, 0) is 73.2 Å². The van der Waals surface area contributed by atoms with E-state index in [1.54, 1.807) is 43.5 Å². The van der Waals surface area contributed by atoms with Crippen LogP contribution in [0.15, 0.2) is 47.4 Å². The number of nitrogens with one attached hydrogen (secondary N) is 1. The minimum absolute atomic E-state index is 0.00385. The fraction of sp³-hybridized carbons (Fsp3) is 0.409. The van der Waals surface area contributed by atoms with Crippen LogP contribution in [0.25, 0.3) is 0 Å². The van der Waals surface area contributed by atoms with Crippen molar-refractivity contribution in [3.8, 4) is 5.75 Å². The molecule has 0 aromatic heterocycles. The van der Waals surface area contributed by atoms with Crippen LogP contribution in [0, 0.1) is 0 Å². The zero-order valence-electron chi connectivity index (χ0n) is 17.1. The number of anilines is 1. The molecule has 29 heavy (non-hydrogen) atoms.